The average Bonchev–Trinajstić information content (AvgIpc) is 2.44. The van der Waals surface area contributed by atoms with E-state index in [2.05, 4.69) is 0 Å². The van der Waals surface area contributed by atoms with Crippen molar-refractivity contribution in [3.05, 3.63) is 24.0 Å². The predicted octanol–water partition coefficient (Wildman–Crippen LogP) is 1.06. The van der Waals surface area contributed by atoms with Crippen LogP contribution in [0.4, 0.5) is 15.8 Å². The molecule has 1 fully saturated rings. The van der Waals surface area contributed by atoms with Crippen molar-refractivity contribution >= 4 is 23.2 Å². The van der Waals surface area contributed by atoms with Crippen molar-refractivity contribution in [3.63, 3.8) is 0 Å². The molecule has 0 spiro atoms. The van der Waals surface area contributed by atoms with Crippen LogP contribution in [0, 0.1) is 5.82 Å². The first-order valence-corrected chi connectivity index (χ1v) is 4.50. The second-order valence-corrected chi connectivity index (χ2v) is 3.37. The molecule has 78 valence electrons. The van der Waals surface area contributed by atoms with E-state index in [4.69, 9.17) is 5.73 Å². The minimum absolute atomic E-state index is 0.176. The van der Waals surface area contributed by atoms with Crippen LogP contribution in [0.1, 0.15) is 12.8 Å². The van der Waals surface area contributed by atoms with Crippen LogP contribution < -0.4 is 10.6 Å². The van der Waals surface area contributed by atoms with Gasteiger partial charge in [-0.2, -0.15) is 0 Å². The van der Waals surface area contributed by atoms with Crippen molar-refractivity contribution < 1.29 is 14.0 Å². The van der Waals surface area contributed by atoms with Gasteiger partial charge in [-0.25, -0.2) is 4.39 Å². The lowest BCUT2D eigenvalue weighted by Gasteiger charge is -2.14. The Bertz CT molecular complexity index is 409. The molecule has 1 aliphatic heterocycles. The molecule has 0 bridgehead atoms. The molecule has 1 aromatic rings. The van der Waals surface area contributed by atoms with Crippen LogP contribution in [-0.2, 0) is 9.59 Å². The fourth-order valence-electron chi connectivity index (χ4n) is 1.59. The normalized spacial score (nSPS) is 16.2. The Morgan fingerprint density at radius 3 is 2.27 bits per heavy atom. The van der Waals surface area contributed by atoms with Gasteiger partial charge in [-0.05, 0) is 18.2 Å². The number of hydrogen-bond acceptors (Lipinski definition) is 3. The topological polar surface area (TPSA) is 63.4 Å². The fourth-order valence-corrected chi connectivity index (χ4v) is 1.59. The van der Waals surface area contributed by atoms with E-state index in [1.54, 1.807) is 0 Å². The van der Waals surface area contributed by atoms with Gasteiger partial charge in [0, 0.05) is 18.5 Å². The molecule has 0 aromatic heterocycles. The maximum atomic E-state index is 13.0. The number of carbonyl (C=O) groups is 2. The average molecular weight is 208 g/mol. The first kappa shape index (κ1) is 9.64. The highest BCUT2D eigenvalue weighted by Crippen LogP contribution is 2.25. The summed E-state index contributed by atoms with van der Waals surface area (Å²) in [5.74, 6) is -1.19. The van der Waals surface area contributed by atoms with E-state index >= 15 is 0 Å². The number of nitrogen functional groups attached to an aromatic ring is 1. The molecule has 2 amide bonds. The van der Waals surface area contributed by atoms with E-state index in [-0.39, 0.29) is 36.0 Å². The Kier molecular flexibility index (Phi) is 2.15. The van der Waals surface area contributed by atoms with Gasteiger partial charge < -0.3 is 5.73 Å². The zero-order valence-corrected chi connectivity index (χ0v) is 7.87. The number of anilines is 2. The van der Waals surface area contributed by atoms with E-state index in [9.17, 15) is 14.0 Å². The minimum Gasteiger partial charge on any atom is -0.399 e. The molecule has 2 N–H and O–H groups in total. The predicted molar refractivity (Wildman–Crippen MR) is 52.5 cm³/mol. The van der Waals surface area contributed by atoms with E-state index in [0.717, 1.165) is 17.0 Å². The molecular formula is C10H9FN2O2. The maximum Gasteiger partial charge on any atom is 0.234 e. The van der Waals surface area contributed by atoms with E-state index in [0.29, 0.717) is 0 Å². The van der Waals surface area contributed by atoms with Crippen molar-refractivity contribution in [2.75, 3.05) is 10.6 Å². The lowest BCUT2D eigenvalue weighted by atomic mass is 10.2. The van der Waals surface area contributed by atoms with Crippen molar-refractivity contribution in [3.8, 4) is 0 Å². The third kappa shape index (κ3) is 1.68. The van der Waals surface area contributed by atoms with Crippen molar-refractivity contribution in [2.45, 2.75) is 12.8 Å². The highest BCUT2D eigenvalue weighted by atomic mass is 19.1. The molecule has 2 rings (SSSR count). The molecule has 1 heterocycles. The zero-order valence-electron chi connectivity index (χ0n) is 7.87. The summed E-state index contributed by atoms with van der Waals surface area (Å²) in [6.07, 6.45) is 0.352. The quantitative estimate of drug-likeness (QED) is 0.554. The first-order valence-electron chi connectivity index (χ1n) is 4.50. The number of nitrogens with two attached hydrogens (primary N) is 1. The van der Waals surface area contributed by atoms with Crippen molar-refractivity contribution in [1.82, 2.24) is 0 Å². The van der Waals surface area contributed by atoms with Crippen LogP contribution in [0.2, 0.25) is 0 Å². The van der Waals surface area contributed by atoms with Gasteiger partial charge in [-0.3, -0.25) is 14.5 Å². The van der Waals surface area contributed by atoms with Crippen LogP contribution in [0.5, 0.6) is 0 Å². The summed E-state index contributed by atoms with van der Waals surface area (Å²) in [5, 5.41) is 0. The van der Waals surface area contributed by atoms with Crippen LogP contribution in [0.25, 0.3) is 0 Å². The van der Waals surface area contributed by atoms with Crippen LogP contribution in [-0.4, -0.2) is 11.8 Å². The van der Waals surface area contributed by atoms with Gasteiger partial charge in [0.25, 0.3) is 0 Å². The fraction of sp³-hybridized carbons (Fsp3) is 0.200. The second kappa shape index (κ2) is 3.34. The molecule has 1 aliphatic rings. The third-order valence-corrected chi connectivity index (χ3v) is 2.21. The molecule has 0 atom stereocenters. The number of rotatable bonds is 1. The minimum atomic E-state index is -0.558. The number of amides is 2. The Balaban J connectivity index is 2.44. The Morgan fingerprint density at radius 1 is 1.13 bits per heavy atom. The van der Waals surface area contributed by atoms with Crippen LogP contribution in [0.3, 0.4) is 0 Å². The lowest BCUT2D eigenvalue weighted by Crippen LogP contribution is -2.28. The van der Waals surface area contributed by atoms with Crippen LogP contribution >= 0.6 is 0 Å². The number of halogens is 1. The maximum absolute atomic E-state index is 13.0. The zero-order chi connectivity index (χ0) is 11.0. The van der Waals surface area contributed by atoms with Crippen molar-refractivity contribution in [1.29, 1.82) is 0 Å². The molecule has 0 unspecified atom stereocenters. The van der Waals surface area contributed by atoms with Gasteiger partial charge in [0.05, 0.1) is 5.69 Å². The standard InChI is InChI=1S/C10H9FN2O2/c11-6-3-7(12)5-8(4-6)13-9(14)1-2-10(13)15/h3-5H,1-2,12H2. The summed E-state index contributed by atoms with van der Waals surface area (Å²) >= 11 is 0. The second-order valence-electron chi connectivity index (χ2n) is 3.37. The SMILES string of the molecule is Nc1cc(F)cc(N2C(=O)CCC2=O)c1. The van der Waals surface area contributed by atoms with E-state index < -0.39 is 5.82 Å². The highest BCUT2D eigenvalue weighted by molar-refractivity contribution is 6.19. The van der Waals surface area contributed by atoms with Gasteiger partial charge in [-0.1, -0.05) is 0 Å². The summed E-state index contributed by atoms with van der Waals surface area (Å²) in [5.41, 5.74) is 5.83. The van der Waals surface area contributed by atoms with Gasteiger partial charge in [-0.15, -0.1) is 0 Å². The first-order chi connectivity index (χ1) is 7.08. The highest BCUT2D eigenvalue weighted by Gasteiger charge is 2.30. The summed E-state index contributed by atoms with van der Waals surface area (Å²) < 4.78 is 13.0. The molecule has 0 aliphatic carbocycles. The summed E-state index contributed by atoms with van der Waals surface area (Å²) in [6.45, 7) is 0. The van der Waals surface area contributed by atoms with Crippen LogP contribution in [0.15, 0.2) is 18.2 Å². The Hall–Kier alpha value is -1.91. The van der Waals surface area contributed by atoms with Gasteiger partial charge in [0.1, 0.15) is 5.82 Å². The van der Waals surface area contributed by atoms with Gasteiger partial charge in [0.2, 0.25) is 11.8 Å². The Labute approximate surface area is 85.5 Å². The van der Waals surface area contributed by atoms with E-state index in [1.165, 1.54) is 6.07 Å². The molecule has 0 radical (unpaired) electrons. The molecule has 0 saturated carbocycles. The lowest BCUT2D eigenvalue weighted by molar-refractivity contribution is -0.121. The smallest absolute Gasteiger partial charge is 0.234 e. The van der Waals surface area contributed by atoms with Gasteiger partial charge >= 0.3 is 0 Å². The number of nitrogens with zero attached hydrogens (tertiary/aromatic N) is 1. The summed E-state index contributed by atoms with van der Waals surface area (Å²) in [7, 11) is 0. The molecule has 4 nitrogen and oxygen atoms in total. The molecular weight excluding hydrogens is 199 g/mol. The number of carbonyl (C=O) groups excluding carboxylic acids is 2. The number of benzene rings is 1. The third-order valence-electron chi connectivity index (χ3n) is 2.21. The summed E-state index contributed by atoms with van der Waals surface area (Å²) in [4.78, 5) is 23.7. The molecule has 15 heavy (non-hydrogen) atoms. The monoisotopic (exact) mass is 208 g/mol. The van der Waals surface area contributed by atoms with Gasteiger partial charge in [0.15, 0.2) is 0 Å². The van der Waals surface area contributed by atoms with Crippen molar-refractivity contribution in [2.24, 2.45) is 0 Å². The number of imide groups is 1. The van der Waals surface area contributed by atoms with E-state index in [1.807, 2.05) is 0 Å². The molecule has 1 aromatic carbocycles. The number of hydrogen-bond donors (Lipinski definition) is 1. The Morgan fingerprint density at radius 2 is 1.73 bits per heavy atom. The largest absolute Gasteiger partial charge is 0.399 e. The summed E-state index contributed by atoms with van der Waals surface area (Å²) in [6, 6.07) is 3.66. The molecule has 5 heteroatoms. The molecule has 1 saturated heterocycles.